The maximum absolute atomic E-state index is 12.5. The lowest BCUT2D eigenvalue weighted by atomic mass is 9.97. The van der Waals surface area contributed by atoms with Gasteiger partial charge >= 0.3 is 12.0 Å². The van der Waals surface area contributed by atoms with Gasteiger partial charge in [0.25, 0.3) is 0 Å². The maximum atomic E-state index is 12.5. The molecule has 0 aromatic carbocycles. The second-order valence-electron chi connectivity index (χ2n) is 5.84. The number of aryl methyl sites for hydroxylation is 1. The van der Waals surface area contributed by atoms with E-state index in [2.05, 4.69) is 10.3 Å². The van der Waals surface area contributed by atoms with Crippen molar-refractivity contribution >= 4 is 29.0 Å². The molecule has 1 saturated heterocycles. The van der Waals surface area contributed by atoms with Gasteiger partial charge in [-0.1, -0.05) is 0 Å². The highest BCUT2D eigenvalue weighted by atomic mass is 32.1. The minimum absolute atomic E-state index is 0.207. The molecule has 0 aliphatic carbocycles. The number of aromatic nitrogens is 1. The van der Waals surface area contributed by atoms with Crippen LogP contribution in [0.1, 0.15) is 17.7 Å². The lowest BCUT2D eigenvalue weighted by molar-refractivity contribution is -0.143. The number of carbonyl (C=O) groups is 2. The van der Waals surface area contributed by atoms with Crippen LogP contribution in [-0.2, 0) is 4.79 Å². The zero-order valence-electron chi connectivity index (χ0n) is 13.4. The van der Waals surface area contributed by atoms with Gasteiger partial charge in [0.05, 0.1) is 16.5 Å². The topological polar surface area (TPSA) is 82.5 Å². The maximum Gasteiger partial charge on any atom is 0.321 e. The molecule has 3 rings (SSSR count). The Morgan fingerprint density at radius 3 is 2.67 bits per heavy atom. The molecule has 2 amide bonds. The number of hydrogen-bond donors (Lipinski definition) is 2. The van der Waals surface area contributed by atoms with Crippen LogP contribution in [0.4, 0.5) is 10.5 Å². The van der Waals surface area contributed by atoms with Crippen molar-refractivity contribution in [3.63, 3.8) is 0 Å². The summed E-state index contributed by atoms with van der Waals surface area (Å²) in [6.07, 6.45) is 2.69. The van der Waals surface area contributed by atoms with Crippen LogP contribution < -0.4 is 5.32 Å². The minimum Gasteiger partial charge on any atom is -0.481 e. The molecule has 2 aromatic rings. The summed E-state index contributed by atoms with van der Waals surface area (Å²) in [6.45, 7) is 2.94. The fourth-order valence-electron chi connectivity index (χ4n) is 2.79. The number of carbonyl (C=O) groups excluding carboxylic acids is 1. The molecule has 6 nitrogen and oxygen atoms in total. The molecule has 1 aliphatic heterocycles. The van der Waals surface area contributed by atoms with E-state index in [9.17, 15) is 9.59 Å². The molecular formula is C17H19N3O3S. The summed E-state index contributed by atoms with van der Waals surface area (Å²) in [6, 6.07) is 7.43. The molecule has 0 bridgehead atoms. The molecular weight excluding hydrogens is 326 g/mol. The Morgan fingerprint density at radius 2 is 2.04 bits per heavy atom. The highest BCUT2D eigenvalue weighted by Crippen LogP contribution is 2.31. The molecule has 126 valence electrons. The van der Waals surface area contributed by atoms with Gasteiger partial charge in [0, 0.05) is 24.2 Å². The molecule has 2 aromatic heterocycles. The van der Waals surface area contributed by atoms with Crippen molar-refractivity contribution < 1.29 is 14.7 Å². The molecule has 0 unspecified atom stereocenters. The fourth-order valence-corrected chi connectivity index (χ4v) is 3.67. The first-order valence-corrected chi connectivity index (χ1v) is 8.67. The number of anilines is 1. The Labute approximate surface area is 144 Å². The van der Waals surface area contributed by atoms with E-state index in [-0.39, 0.29) is 11.9 Å². The van der Waals surface area contributed by atoms with Crippen LogP contribution in [0.3, 0.4) is 0 Å². The lowest BCUT2D eigenvalue weighted by Crippen LogP contribution is -2.42. The van der Waals surface area contributed by atoms with Gasteiger partial charge in [0.15, 0.2) is 0 Å². The smallest absolute Gasteiger partial charge is 0.321 e. The molecule has 2 N–H and O–H groups in total. The largest absolute Gasteiger partial charge is 0.481 e. The summed E-state index contributed by atoms with van der Waals surface area (Å²) in [7, 11) is 0. The molecule has 24 heavy (non-hydrogen) atoms. The Balaban J connectivity index is 1.70. The molecule has 0 spiro atoms. The van der Waals surface area contributed by atoms with Gasteiger partial charge in [-0.05, 0) is 44.0 Å². The van der Waals surface area contributed by atoms with E-state index < -0.39 is 5.97 Å². The predicted molar refractivity (Wildman–Crippen MR) is 93.2 cm³/mol. The first-order valence-electron chi connectivity index (χ1n) is 7.85. The number of pyridine rings is 1. The zero-order chi connectivity index (χ0) is 17.1. The predicted octanol–water partition coefficient (Wildman–Crippen LogP) is 3.45. The van der Waals surface area contributed by atoms with Crippen molar-refractivity contribution in [2.75, 3.05) is 18.4 Å². The summed E-state index contributed by atoms with van der Waals surface area (Å²) in [5.41, 5.74) is 1.43. The fraction of sp³-hybridized carbons (Fsp3) is 0.353. The van der Waals surface area contributed by atoms with E-state index >= 15 is 0 Å². The Hall–Kier alpha value is -2.41. The number of carboxylic acid groups (broad SMARTS) is 1. The van der Waals surface area contributed by atoms with Gasteiger partial charge in [-0.3, -0.25) is 9.78 Å². The first kappa shape index (κ1) is 16.4. The van der Waals surface area contributed by atoms with Gasteiger partial charge in [-0.25, -0.2) is 4.79 Å². The van der Waals surface area contributed by atoms with E-state index in [1.165, 1.54) is 4.88 Å². The summed E-state index contributed by atoms with van der Waals surface area (Å²) in [5.74, 6) is -1.13. The average molecular weight is 345 g/mol. The lowest BCUT2D eigenvalue weighted by Gasteiger charge is -2.30. The molecule has 0 radical (unpaired) electrons. The molecule has 1 fully saturated rings. The second kappa shape index (κ2) is 7.00. The van der Waals surface area contributed by atoms with Crippen molar-refractivity contribution in [2.45, 2.75) is 19.8 Å². The van der Waals surface area contributed by atoms with Crippen molar-refractivity contribution in [3.05, 3.63) is 35.3 Å². The molecule has 0 saturated carbocycles. The normalized spacial score (nSPS) is 15.3. The number of thiophene rings is 1. The van der Waals surface area contributed by atoms with Crippen LogP contribution in [0.2, 0.25) is 0 Å². The highest BCUT2D eigenvalue weighted by molar-refractivity contribution is 7.15. The van der Waals surface area contributed by atoms with Crippen LogP contribution >= 0.6 is 11.3 Å². The van der Waals surface area contributed by atoms with E-state index in [1.807, 2.05) is 25.1 Å². The SMILES string of the molecule is Cc1ccc(-c2ncccc2NC(=O)N2CCC(C(=O)O)CC2)s1. The van der Waals surface area contributed by atoms with Crippen LogP contribution in [-0.4, -0.2) is 40.1 Å². The third-order valence-electron chi connectivity index (χ3n) is 4.15. The third-order valence-corrected chi connectivity index (χ3v) is 5.16. The monoisotopic (exact) mass is 345 g/mol. The average Bonchev–Trinajstić information content (AvgIpc) is 3.01. The van der Waals surface area contributed by atoms with E-state index in [0.29, 0.717) is 31.6 Å². The number of rotatable bonds is 3. The van der Waals surface area contributed by atoms with Crippen LogP contribution in [0, 0.1) is 12.8 Å². The van der Waals surface area contributed by atoms with Gasteiger partial charge in [0.1, 0.15) is 5.69 Å². The van der Waals surface area contributed by atoms with E-state index in [1.54, 1.807) is 28.5 Å². The quantitative estimate of drug-likeness (QED) is 0.892. The number of hydrogen-bond acceptors (Lipinski definition) is 4. The van der Waals surface area contributed by atoms with Crippen molar-refractivity contribution in [1.82, 2.24) is 9.88 Å². The van der Waals surface area contributed by atoms with Gasteiger partial charge < -0.3 is 15.3 Å². The number of likely N-dealkylation sites (tertiary alicyclic amines) is 1. The zero-order valence-corrected chi connectivity index (χ0v) is 14.2. The van der Waals surface area contributed by atoms with E-state index in [0.717, 1.165) is 10.6 Å². The number of nitrogens with one attached hydrogen (secondary N) is 1. The number of amides is 2. The minimum atomic E-state index is -0.780. The molecule has 3 heterocycles. The van der Waals surface area contributed by atoms with Crippen LogP contribution in [0.5, 0.6) is 0 Å². The van der Waals surface area contributed by atoms with Crippen molar-refractivity contribution in [3.8, 4) is 10.6 Å². The summed E-state index contributed by atoms with van der Waals surface area (Å²) in [5, 5.41) is 12.0. The standard InChI is InChI=1S/C17H19N3O3S/c1-11-4-5-14(24-11)15-13(3-2-8-18-15)19-17(23)20-9-6-12(7-10-20)16(21)22/h2-5,8,12H,6-7,9-10H2,1H3,(H,19,23)(H,21,22). The first-order chi connectivity index (χ1) is 11.5. The Morgan fingerprint density at radius 1 is 1.29 bits per heavy atom. The summed E-state index contributed by atoms with van der Waals surface area (Å²) >= 11 is 1.63. The molecule has 7 heteroatoms. The third kappa shape index (κ3) is 3.56. The van der Waals surface area contributed by atoms with Crippen molar-refractivity contribution in [2.24, 2.45) is 5.92 Å². The highest BCUT2D eigenvalue weighted by Gasteiger charge is 2.27. The number of urea groups is 1. The number of piperidine rings is 1. The second-order valence-corrected chi connectivity index (χ2v) is 7.13. The Kier molecular flexibility index (Phi) is 4.80. The van der Waals surface area contributed by atoms with E-state index in [4.69, 9.17) is 5.11 Å². The summed E-state index contributed by atoms with van der Waals surface area (Å²) < 4.78 is 0. The van der Waals surface area contributed by atoms with Crippen molar-refractivity contribution in [1.29, 1.82) is 0 Å². The number of carboxylic acids is 1. The van der Waals surface area contributed by atoms with Crippen LogP contribution in [0.15, 0.2) is 30.5 Å². The number of aliphatic carboxylic acids is 1. The molecule has 1 aliphatic rings. The van der Waals surface area contributed by atoms with Crippen LogP contribution in [0.25, 0.3) is 10.6 Å². The number of nitrogens with zero attached hydrogens (tertiary/aromatic N) is 2. The summed E-state index contributed by atoms with van der Waals surface area (Å²) in [4.78, 5) is 31.7. The van der Waals surface area contributed by atoms with Gasteiger partial charge in [0.2, 0.25) is 0 Å². The Bertz CT molecular complexity index is 751. The van der Waals surface area contributed by atoms with Gasteiger partial charge in [-0.2, -0.15) is 0 Å². The molecule has 0 atom stereocenters. The van der Waals surface area contributed by atoms with Gasteiger partial charge in [-0.15, -0.1) is 11.3 Å².